The van der Waals surface area contributed by atoms with Crippen LogP contribution in [0.4, 0.5) is 4.39 Å². The highest BCUT2D eigenvalue weighted by Crippen LogP contribution is 2.12. The first kappa shape index (κ1) is 14.1. The summed E-state index contributed by atoms with van der Waals surface area (Å²) in [7, 11) is -3.30. The molecule has 0 saturated heterocycles. The Morgan fingerprint density at radius 3 is 2.12 bits per heavy atom. The normalized spacial score (nSPS) is 12.0. The molecule has 0 aliphatic heterocycles. The summed E-state index contributed by atoms with van der Waals surface area (Å²) in [5, 5.41) is 0. The van der Waals surface area contributed by atoms with E-state index in [9.17, 15) is 12.8 Å². The van der Waals surface area contributed by atoms with Crippen LogP contribution in [0.5, 0.6) is 0 Å². The smallest absolute Gasteiger partial charge is 0.179 e. The van der Waals surface area contributed by atoms with Crippen molar-refractivity contribution in [1.82, 2.24) is 4.90 Å². The molecule has 0 spiro atoms. The minimum atomic E-state index is -3.30. The Morgan fingerprint density at radius 2 is 1.65 bits per heavy atom. The van der Waals surface area contributed by atoms with Crippen LogP contribution >= 0.6 is 0 Å². The summed E-state index contributed by atoms with van der Waals surface area (Å²) in [6, 6.07) is 4.97. The third-order valence-corrected chi connectivity index (χ3v) is 4.45. The molecule has 1 rings (SSSR count). The quantitative estimate of drug-likeness (QED) is 0.733. The molecule has 1 aromatic rings. The second-order valence-corrected chi connectivity index (χ2v) is 5.91. The number of nitrogens with zero attached hydrogens (tertiary/aromatic N) is 1. The van der Waals surface area contributed by atoms with Gasteiger partial charge in [0.25, 0.3) is 0 Å². The summed E-state index contributed by atoms with van der Waals surface area (Å²) in [4.78, 5) is 2.23. The van der Waals surface area contributed by atoms with E-state index < -0.39 is 15.7 Å². The van der Waals surface area contributed by atoms with Crippen molar-refractivity contribution in [3.63, 3.8) is 0 Å². The molecule has 0 bridgehead atoms. The molecule has 0 saturated carbocycles. The SMILES string of the molecule is CCN(CC)CCS(=O)(=O)c1ccc(F)cc1. The van der Waals surface area contributed by atoms with Crippen molar-refractivity contribution in [2.45, 2.75) is 18.7 Å². The monoisotopic (exact) mass is 259 g/mol. The molecule has 0 fully saturated rings. The van der Waals surface area contributed by atoms with Crippen molar-refractivity contribution >= 4 is 9.84 Å². The highest BCUT2D eigenvalue weighted by molar-refractivity contribution is 7.91. The minimum absolute atomic E-state index is 0.0698. The zero-order chi connectivity index (χ0) is 12.9. The van der Waals surface area contributed by atoms with Crippen LogP contribution in [-0.2, 0) is 9.84 Å². The maximum absolute atomic E-state index is 12.7. The third kappa shape index (κ3) is 4.09. The van der Waals surface area contributed by atoms with Crippen molar-refractivity contribution in [1.29, 1.82) is 0 Å². The van der Waals surface area contributed by atoms with Gasteiger partial charge in [-0.3, -0.25) is 0 Å². The van der Waals surface area contributed by atoms with Gasteiger partial charge < -0.3 is 4.90 Å². The summed E-state index contributed by atoms with van der Waals surface area (Å²) >= 11 is 0. The van der Waals surface area contributed by atoms with Crippen LogP contribution in [0, 0.1) is 5.82 Å². The average molecular weight is 259 g/mol. The summed E-state index contributed by atoms with van der Waals surface area (Å²) in [6.07, 6.45) is 0. The molecule has 1 aromatic carbocycles. The van der Waals surface area contributed by atoms with Gasteiger partial charge in [-0.05, 0) is 37.4 Å². The van der Waals surface area contributed by atoms with Crippen LogP contribution in [0.2, 0.25) is 0 Å². The lowest BCUT2D eigenvalue weighted by Crippen LogP contribution is -2.29. The fourth-order valence-electron chi connectivity index (χ4n) is 1.55. The molecule has 0 radical (unpaired) electrons. The molecule has 3 nitrogen and oxygen atoms in total. The minimum Gasteiger partial charge on any atom is -0.303 e. The zero-order valence-electron chi connectivity index (χ0n) is 10.2. The average Bonchev–Trinajstić information content (AvgIpc) is 2.31. The molecule has 96 valence electrons. The van der Waals surface area contributed by atoms with Crippen LogP contribution in [-0.4, -0.2) is 38.7 Å². The molecule has 0 aromatic heterocycles. The topological polar surface area (TPSA) is 37.4 Å². The van der Waals surface area contributed by atoms with Gasteiger partial charge in [0.1, 0.15) is 5.82 Å². The van der Waals surface area contributed by atoms with E-state index in [1.807, 2.05) is 18.7 Å². The van der Waals surface area contributed by atoms with E-state index in [1.54, 1.807) is 0 Å². The van der Waals surface area contributed by atoms with Gasteiger partial charge in [-0.1, -0.05) is 13.8 Å². The molecule has 0 unspecified atom stereocenters. The standard InChI is InChI=1S/C12H18FNO2S/c1-3-14(4-2)9-10-17(15,16)12-7-5-11(13)6-8-12/h5-8H,3-4,9-10H2,1-2H3. The van der Waals surface area contributed by atoms with Crippen LogP contribution < -0.4 is 0 Å². The first-order valence-electron chi connectivity index (χ1n) is 5.70. The lowest BCUT2D eigenvalue weighted by Gasteiger charge is -2.17. The van der Waals surface area contributed by atoms with E-state index >= 15 is 0 Å². The Kier molecular flexibility index (Phi) is 5.08. The predicted molar refractivity (Wildman–Crippen MR) is 66.2 cm³/mol. The van der Waals surface area contributed by atoms with Crippen LogP contribution in [0.25, 0.3) is 0 Å². The molecular weight excluding hydrogens is 241 g/mol. The molecule has 5 heteroatoms. The molecule has 0 aliphatic carbocycles. The van der Waals surface area contributed by atoms with E-state index in [0.717, 1.165) is 13.1 Å². The van der Waals surface area contributed by atoms with E-state index in [2.05, 4.69) is 0 Å². The number of sulfone groups is 1. The second kappa shape index (κ2) is 6.12. The lowest BCUT2D eigenvalue weighted by molar-refractivity contribution is 0.321. The van der Waals surface area contributed by atoms with Gasteiger partial charge in [-0.15, -0.1) is 0 Å². The Morgan fingerprint density at radius 1 is 1.12 bits per heavy atom. The fourth-order valence-corrected chi connectivity index (χ4v) is 2.83. The zero-order valence-corrected chi connectivity index (χ0v) is 11.0. The summed E-state index contributed by atoms with van der Waals surface area (Å²) in [5.41, 5.74) is 0. The predicted octanol–water partition coefficient (Wildman–Crippen LogP) is 1.94. The van der Waals surface area contributed by atoms with E-state index in [4.69, 9.17) is 0 Å². The Balaban J connectivity index is 2.72. The number of hydrogen-bond acceptors (Lipinski definition) is 3. The van der Waals surface area contributed by atoms with Gasteiger partial charge in [0.15, 0.2) is 9.84 Å². The maximum atomic E-state index is 12.7. The fraction of sp³-hybridized carbons (Fsp3) is 0.500. The molecule has 0 amide bonds. The van der Waals surface area contributed by atoms with E-state index in [1.165, 1.54) is 24.3 Å². The highest BCUT2D eigenvalue weighted by atomic mass is 32.2. The first-order chi connectivity index (χ1) is 7.99. The summed E-state index contributed by atoms with van der Waals surface area (Å²) in [6.45, 7) is 6.15. The van der Waals surface area contributed by atoms with Gasteiger partial charge in [-0.25, -0.2) is 12.8 Å². The van der Waals surface area contributed by atoms with Crippen LogP contribution in [0.1, 0.15) is 13.8 Å². The van der Waals surface area contributed by atoms with Crippen molar-refractivity contribution in [3.05, 3.63) is 30.1 Å². The van der Waals surface area contributed by atoms with Crippen molar-refractivity contribution in [3.8, 4) is 0 Å². The summed E-state index contributed by atoms with van der Waals surface area (Å²) < 4.78 is 36.6. The van der Waals surface area contributed by atoms with Gasteiger partial charge in [0, 0.05) is 6.54 Å². The maximum Gasteiger partial charge on any atom is 0.179 e. The Labute approximate surface area is 102 Å². The van der Waals surface area contributed by atoms with E-state index in [-0.39, 0.29) is 10.6 Å². The highest BCUT2D eigenvalue weighted by Gasteiger charge is 2.15. The third-order valence-electron chi connectivity index (χ3n) is 2.74. The number of rotatable bonds is 6. The molecule has 0 N–H and O–H groups in total. The van der Waals surface area contributed by atoms with Gasteiger partial charge in [0.2, 0.25) is 0 Å². The largest absolute Gasteiger partial charge is 0.303 e. The number of hydrogen-bond donors (Lipinski definition) is 0. The molecular formula is C12H18FNO2S. The molecule has 17 heavy (non-hydrogen) atoms. The van der Waals surface area contributed by atoms with E-state index in [0.29, 0.717) is 6.54 Å². The van der Waals surface area contributed by atoms with Crippen molar-refractivity contribution in [2.75, 3.05) is 25.4 Å². The first-order valence-corrected chi connectivity index (χ1v) is 7.35. The second-order valence-electron chi connectivity index (χ2n) is 3.80. The van der Waals surface area contributed by atoms with Crippen LogP contribution in [0.3, 0.4) is 0 Å². The lowest BCUT2D eigenvalue weighted by atomic mass is 10.4. The van der Waals surface area contributed by atoms with Crippen molar-refractivity contribution < 1.29 is 12.8 Å². The molecule has 0 aliphatic rings. The van der Waals surface area contributed by atoms with Crippen molar-refractivity contribution in [2.24, 2.45) is 0 Å². The van der Waals surface area contributed by atoms with Crippen LogP contribution in [0.15, 0.2) is 29.2 Å². The number of halogens is 1. The van der Waals surface area contributed by atoms with Gasteiger partial charge in [-0.2, -0.15) is 0 Å². The molecule has 0 atom stereocenters. The van der Waals surface area contributed by atoms with Gasteiger partial charge >= 0.3 is 0 Å². The van der Waals surface area contributed by atoms with Gasteiger partial charge in [0.05, 0.1) is 10.6 Å². The molecule has 0 heterocycles. The summed E-state index contributed by atoms with van der Waals surface area (Å²) in [5.74, 6) is -0.354. The number of benzene rings is 1. The Bertz CT molecular complexity index is 438. The Hall–Kier alpha value is -0.940.